The molecule has 0 spiro atoms. The van der Waals surface area contributed by atoms with Gasteiger partial charge in [-0.15, -0.1) is 0 Å². The van der Waals surface area contributed by atoms with Gasteiger partial charge in [0.1, 0.15) is 0 Å². The fourth-order valence-corrected chi connectivity index (χ4v) is 4.50. The summed E-state index contributed by atoms with van der Waals surface area (Å²) < 4.78 is 1.90. The van der Waals surface area contributed by atoms with Crippen LogP contribution < -0.4 is 0 Å². The number of amides is 1. The zero-order valence-electron chi connectivity index (χ0n) is 14.7. The van der Waals surface area contributed by atoms with E-state index in [1.54, 1.807) is 0 Å². The topological polar surface area (TPSA) is 38.1 Å². The van der Waals surface area contributed by atoms with Crippen LogP contribution in [0.15, 0.2) is 30.3 Å². The summed E-state index contributed by atoms with van der Waals surface area (Å²) in [6.07, 6.45) is 1.33. The van der Waals surface area contributed by atoms with Gasteiger partial charge in [0.2, 0.25) is 5.91 Å². The number of nitrogens with zero attached hydrogens (tertiary/aromatic N) is 3. The van der Waals surface area contributed by atoms with Crippen molar-refractivity contribution in [2.45, 2.75) is 32.7 Å². The van der Waals surface area contributed by atoms with Crippen molar-refractivity contribution in [2.24, 2.45) is 7.05 Å². The van der Waals surface area contributed by atoms with E-state index in [1.807, 2.05) is 36.5 Å². The summed E-state index contributed by atoms with van der Waals surface area (Å²) in [5, 5.41) is 4.45. The Bertz CT molecular complexity index is 711. The molecule has 0 saturated carbocycles. The lowest BCUT2D eigenvalue weighted by molar-refractivity contribution is -0.133. The predicted octanol–water partition coefficient (Wildman–Crippen LogP) is 3.29. The highest BCUT2D eigenvalue weighted by atomic mass is 32.2. The van der Waals surface area contributed by atoms with Crippen molar-refractivity contribution < 1.29 is 4.79 Å². The first-order valence-electron chi connectivity index (χ1n) is 8.49. The smallest absolute Gasteiger partial charge is 0.223 e. The zero-order valence-corrected chi connectivity index (χ0v) is 15.5. The summed E-state index contributed by atoms with van der Waals surface area (Å²) in [5.74, 6) is 2.27. The van der Waals surface area contributed by atoms with E-state index >= 15 is 0 Å². The minimum atomic E-state index is 0.202. The Labute approximate surface area is 148 Å². The molecule has 128 valence electrons. The minimum absolute atomic E-state index is 0.202. The summed E-state index contributed by atoms with van der Waals surface area (Å²) in [5.41, 5.74) is 4.66. The van der Waals surface area contributed by atoms with Gasteiger partial charge in [-0.3, -0.25) is 9.48 Å². The molecule has 1 aliphatic heterocycles. The van der Waals surface area contributed by atoms with Crippen molar-refractivity contribution >= 4 is 17.7 Å². The summed E-state index contributed by atoms with van der Waals surface area (Å²) >= 11 is 1.93. The quantitative estimate of drug-likeness (QED) is 0.855. The molecular weight excluding hydrogens is 318 g/mol. The molecule has 24 heavy (non-hydrogen) atoms. The lowest BCUT2D eigenvalue weighted by Gasteiger charge is -2.36. The Kier molecular flexibility index (Phi) is 5.29. The van der Waals surface area contributed by atoms with Gasteiger partial charge in [0.05, 0.1) is 11.7 Å². The molecule has 1 fully saturated rings. The van der Waals surface area contributed by atoms with Crippen LogP contribution in [0.2, 0.25) is 0 Å². The van der Waals surface area contributed by atoms with Crippen LogP contribution in [0.3, 0.4) is 0 Å². The number of aryl methyl sites for hydroxylation is 2. The molecule has 0 radical (unpaired) electrons. The van der Waals surface area contributed by atoms with Crippen molar-refractivity contribution in [3.8, 4) is 0 Å². The van der Waals surface area contributed by atoms with E-state index in [2.05, 4.69) is 41.2 Å². The molecule has 1 atom stereocenters. The van der Waals surface area contributed by atoms with E-state index in [4.69, 9.17) is 0 Å². The second-order valence-electron chi connectivity index (χ2n) is 6.36. The van der Waals surface area contributed by atoms with Gasteiger partial charge < -0.3 is 4.90 Å². The third kappa shape index (κ3) is 3.51. The van der Waals surface area contributed by atoms with E-state index in [-0.39, 0.29) is 11.9 Å². The molecule has 1 unspecified atom stereocenters. The monoisotopic (exact) mass is 343 g/mol. The Hall–Kier alpha value is -1.75. The molecule has 1 amide bonds. The van der Waals surface area contributed by atoms with Crippen LogP contribution in [0.25, 0.3) is 0 Å². The van der Waals surface area contributed by atoms with Crippen LogP contribution in [0.4, 0.5) is 0 Å². The summed E-state index contributed by atoms with van der Waals surface area (Å²) in [7, 11) is 1.96. The molecule has 1 aliphatic rings. The van der Waals surface area contributed by atoms with E-state index in [1.165, 1.54) is 11.1 Å². The van der Waals surface area contributed by atoms with Crippen LogP contribution in [0.5, 0.6) is 0 Å². The van der Waals surface area contributed by atoms with Gasteiger partial charge in [-0.1, -0.05) is 30.3 Å². The average molecular weight is 343 g/mol. The van der Waals surface area contributed by atoms with Crippen molar-refractivity contribution in [2.75, 3.05) is 18.1 Å². The van der Waals surface area contributed by atoms with Crippen molar-refractivity contribution in [1.29, 1.82) is 0 Å². The Morgan fingerprint density at radius 1 is 1.29 bits per heavy atom. The van der Waals surface area contributed by atoms with Gasteiger partial charge in [-0.2, -0.15) is 16.9 Å². The van der Waals surface area contributed by atoms with E-state index in [0.29, 0.717) is 6.42 Å². The Balaban J connectivity index is 1.70. The van der Waals surface area contributed by atoms with Crippen LogP contribution >= 0.6 is 11.8 Å². The van der Waals surface area contributed by atoms with Crippen LogP contribution in [0.1, 0.15) is 35.0 Å². The first-order chi connectivity index (χ1) is 11.6. The fraction of sp³-hybridized carbons (Fsp3) is 0.474. The van der Waals surface area contributed by atoms with Crippen LogP contribution in [-0.2, 0) is 18.3 Å². The number of aromatic nitrogens is 2. The van der Waals surface area contributed by atoms with Gasteiger partial charge in [0, 0.05) is 37.2 Å². The highest BCUT2D eigenvalue weighted by Crippen LogP contribution is 2.30. The third-order valence-corrected chi connectivity index (χ3v) is 5.90. The highest BCUT2D eigenvalue weighted by Gasteiger charge is 2.28. The van der Waals surface area contributed by atoms with Gasteiger partial charge >= 0.3 is 0 Å². The number of carbonyl (C=O) groups is 1. The number of hydrogen-bond acceptors (Lipinski definition) is 3. The maximum absolute atomic E-state index is 12.9. The first-order valence-corrected chi connectivity index (χ1v) is 9.64. The summed E-state index contributed by atoms with van der Waals surface area (Å²) in [6.45, 7) is 4.94. The van der Waals surface area contributed by atoms with Crippen molar-refractivity contribution in [1.82, 2.24) is 14.7 Å². The molecular formula is C19H25N3OS. The second kappa shape index (κ2) is 7.43. The SMILES string of the molecule is Cc1nn(C)c(C)c1CCC(=O)N1CCSCC1c1ccccc1. The lowest BCUT2D eigenvalue weighted by Crippen LogP contribution is -2.40. The molecule has 1 aromatic heterocycles. The molecule has 1 saturated heterocycles. The molecule has 4 nitrogen and oxygen atoms in total. The zero-order chi connectivity index (χ0) is 17.1. The summed E-state index contributed by atoms with van der Waals surface area (Å²) in [4.78, 5) is 15.0. The molecule has 3 rings (SSSR count). The Morgan fingerprint density at radius 3 is 2.71 bits per heavy atom. The van der Waals surface area contributed by atoms with Crippen molar-refractivity contribution in [3.05, 3.63) is 52.8 Å². The number of hydrogen-bond donors (Lipinski definition) is 0. The molecule has 5 heteroatoms. The van der Waals surface area contributed by atoms with Crippen LogP contribution in [0, 0.1) is 13.8 Å². The van der Waals surface area contributed by atoms with Gasteiger partial charge in [0.25, 0.3) is 0 Å². The fourth-order valence-electron chi connectivity index (χ4n) is 3.41. The van der Waals surface area contributed by atoms with Crippen LogP contribution in [-0.4, -0.2) is 38.6 Å². The molecule has 0 aliphatic carbocycles. The molecule has 1 aromatic carbocycles. The maximum atomic E-state index is 12.9. The van der Waals surface area contributed by atoms with E-state index in [0.717, 1.165) is 35.9 Å². The van der Waals surface area contributed by atoms with Gasteiger partial charge in [0.15, 0.2) is 0 Å². The number of rotatable bonds is 4. The van der Waals surface area contributed by atoms with E-state index < -0.39 is 0 Å². The standard InChI is InChI=1S/C19H25N3OS/c1-14-17(15(2)21(3)20-14)9-10-19(23)22-11-12-24-13-18(22)16-7-5-4-6-8-16/h4-8,18H,9-13H2,1-3H3. The highest BCUT2D eigenvalue weighted by molar-refractivity contribution is 7.99. The third-order valence-electron chi connectivity index (χ3n) is 4.88. The molecule has 0 bridgehead atoms. The number of thioether (sulfide) groups is 1. The normalized spacial score (nSPS) is 18.0. The second-order valence-corrected chi connectivity index (χ2v) is 7.51. The van der Waals surface area contributed by atoms with E-state index in [9.17, 15) is 4.79 Å². The predicted molar refractivity (Wildman–Crippen MR) is 99.2 cm³/mol. The Morgan fingerprint density at radius 2 is 2.04 bits per heavy atom. The number of benzene rings is 1. The molecule has 0 N–H and O–H groups in total. The van der Waals surface area contributed by atoms with Gasteiger partial charge in [-0.25, -0.2) is 0 Å². The minimum Gasteiger partial charge on any atom is -0.334 e. The lowest BCUT2D eigenvalue weighted by atomic mass is 10.0. The van der Waals surface area contributed by atoms with Crippen molar-refractivity contribution in [3.63, 3.8) is 0 Å². The first kappa shape index (κ1) is 17.1. The maximum Gasteiger partial charge on any atom is 0.223 e. The number of carbonyl (C=O) groups excluding carboxylic acids is 1. The molecule has 2 aromatic rings. The average Bonchev–Trinajstić information content (AvgIpc) is 2.85. The molecule has 2 heterocycles. The summed E-state index contributed by atoms with van der Waals surface area (Å²) in [6, 6.07) is 10.6. The van der Waals surface area contributed by atoms with Gasteiger partial charge in [-0.05, 0) is 31.4 Å². The largest absolute Gasteiger partial charge is 0.334 e.